The summed E-state index contributed by atoms with van der Waals surface area (Å²) in [4.78, 5) is 30.7. The van der Waals surface area contributed by atoms with E-state index in [-0.39, 0.29) is 33.2 Å². The van der Waals surface area contributed by atoms with Crippen LogP contribution in [0.2, 0.25) is 5.02 Å². The molecule has 1 aromatic carbocycles. The Kier molecular flexibility index (Phi) is 6.29. The van der Waals surface area contributed by atoms with Crippen molar-refractivity contribution >= 4 is 56.3 Å². The van der Waals surface area contributed by atoms with Crippen LogP contribution in [0.3, 0.4) is 0 Å². The number of halogens is 3. The van der Waals surface area contributed by atoms with Crippen LogP contribution < -0.4 is 9.80 Å². The molecule has 6 rings (SSSR count). The van der Waals surface area contributed by atoms with Crippen molar-refractivity contribution < 1.29 is 13.9 Å². The van der Waals surface area contributed by atoms with Gasteiger partial charge < -0.3 is 24.3 Å². The summed E-state index contributed by atoms with van der Waals surface area (Å²) < 4.78 is 21.2. The van der Waals surface area contributed by atoms with Gasteiger partial charge in [-0.2, -0.15) is 4.98 Å². The van der Waals surface area contributed by atoms with Crippen LogP contribution in [0, 0.1) is 5.82 Å². The molecule has 2 aromatic rings. The smallest absolute Gasteiger partial charge is 0.410 e. The molecule has 8 nitrogen and oxygen atoms in total. The largest absolute Gasteiger partial charge is 0.444 e. The number of hydrogen-bond acceptors (Lipinski definition) is 7. The number of carbonyl (C=O) groups excluding carboxylic acids is 1. The number of benzene rings is 1. The normalized spacial score (nSPS) is 22.8. The van der Waals surface area contributed by atoms with Crippen LogP contribution in [0.25, 0.3) is 10.9 Å². The number of likely N-dealkylation sites (N-methyl/N-ethyl adjacent to an activating group) is 1. The molecule has 11 heteroatoms. The molecule has 5 heterocycles. The fourth-order valence-corrected chi connectivity index (χ4v) is 5.58. The first-order chi connectivity index (χ1) is 16.4. The molecule has 2 atom stereocenters. The summed E-state index contributed by atoms with van der Waals surface area (Å²) >= 11 is 9.62. The van der Waals surface area contributed by atoms with Crippen LogP contribution in [0.15, 0.2) is 10.5 Å². The minimum absolute atomic E-state index is 0.00112. The summed E-state index contributed by atoms with van der Waals surface area (Å²) in [6, 6.07) is 2.19. The number of fused-ring (bicyclic) bond motifs is 4. The summed E-state index contributed by atoms with van der Waals surface area (Å²) in [6.07, 6.45) is 1.53. The summed E-state index contributed by atoms with van der Waals surface area (Å²) in [5.74, 6) is 0.703. The lowest BCUT2D eigenvalue weighted by molar-refractivity contribution is 0.000821. The van der Waals surface area contributed by atoms with E-state index >= 15 is 4.39 Å². The highest BCUT2D eigenvalue weighted by molar-refractivity contribution is 9.10. The second-order valence-corrected chi connectivity index (χ2v) is 12.1. The zero-order chi connectivity index (χ0) is 25.2. The molecule has 0 N–H and O–H groups in total. The number of piperidine rings is 2. The predicted octanol–water partition coefficient (Wildman–Crippen LogP) is 4.52. The van der Waals surface area contributed by atoms with Gasteiger partial charge in [0.05, 0.1) is 15.5 Å². The van der Waals surface area contributed by atoms with Gasteiger partial charge in [-0.15, -0.1) is 0 Å². The molecule has 4 aliphatic heterocycles. The summed E-state index contributed by atoms with van der Waals surface area (Å²) in [5, 5.41) is 0.863. The molecule has 2 bridgehead atoms. The zero-order valence-corrected chi connectivity index (χ0v) is 23.0. The highest BCUT2D eigenvalue weighted by Gasteiger charge is 2.44. The van der Waals surface area contributed by atoms with Gasteiger partial charge >= 0.3 is 6.09 Å². The molecule has 4 fully saturated rings. The number of nitrogens with zero attached hydrogens (tertiary/aromatic N) is 6. The van der Waals surface area contributed by atoms with E-state index in [0.717, 1.165) is 25.9 Å². The van der Waals surface area contributed by atoms with Gasteiger partial charge in [0.1, 0.15) is 16.9 Å². The lowest BCUT2D eigenvalue weighted by Gasteiger charge is -2.52. The van der Waals surface area contributed by atoms with Crippen LogP contribution >= 0.6 is 27.5 Å². The standard InChI is InChI=1S/C24H31BrClFN6O2/c1-24(2,3)35-23(34)33-12-13-6-7-14(33)11-32(13)21-16-8-17(26)18(25)19(27)20(16)28-22(29-21)31-9-15(10-31)30(4)5/h8,13-15H,6-7,9-12H2,1-5H3/t13-,14-/m1/s1. The average Bonchev–Trinajstić information content (AvgIpc) is 2.75. The van der Waals surface area contributed by atoms with Gasteiger partial charge in [0.15, 0.2) is 5.82 Å². The van der Waals surface area contributed by atoms with Crippen molar-refractivity contribution in [1.82, 2.24) is 19.8 Å². The van der Waals surface area contributed by atoms with Crippen molar-refractivity contribution in [3.63, 3.8) is 0 Å². The fraction of sp³-hybridized carbons (Fsp3) is 0.625. The third kappa shape index (κ3) is 4.53. The topological polar surface area (TPSA) is 65.0 Å². The molecule has 35 heavy (non-hydrogen) atoms. The first-order valence-electron chi connectivity index (χ1n) is 12.0. The van der Waals surface area contributed by atoms with Gasteiger partial charge in [0, 0.05) is 43.6 Å². The maximum atomic E-state index is 15.4. The molecule has 0 unspecified atom stereocenters. The Morgan fingerprint density at radius 2 is 1.86 bits per heavy atom. The van der Waals surface area contributed by atoms with Gasteiger partial charge in [0.25, 0.3) is 0 Å². The molecule has 0 spiro atoms. The van der Waals surface area contributed by atoms with Gasteiger partial charge in [0.2, 0.25) is 5.95 Å². The highest BCUT2D eigenvalue weighted by Crippen LogP contribution is 2.40. The van der Waals surface area contributed by atoms with Crippen molar-refractivity contribution in [2.75, 3.05) is 50.1 Å². The number of anilines is 2. The number of hydrogen-bond donors (Lipinski definition) is 0. The number of piperazine rings is 1. The summed E-state index contributed by atoms with van der Waals surface area (Å²) in [5.41, 5.74) is -0.297. The van der Waals surface area contributed by atoms with Crippen LogP contribution in [-0.4, -0.2) is 89.9 Å². The van der Waals surface area contributed by atoms with Crippen LogP contribution in [-0.2, 0) is 4.74 Å². The second kappa shape index (κ2) is 8.88. The number of carbonyl (C=O) groups is 1. The molecule has 190 valence electrons. The fourth-order valence-electron chi connectivity index (χ4n) is 5.08. The highest BCUT2D eigenvalue weighted by atomic mass is 79.9. The van der Waals surface area contributed by atoms with E-state index in [1.54, 1.807) is 6.07 Å². The van der Waals surface area contributed by atoms with E-state index < -0.39 is 11.4 Å². The second-order valence-electron chi connectivity index (χ2n) is 10.9. The van der Waals surface area contributed by atoms with E-state index in [0.29, 0.717) is 36.3 Å². The van der Waals surface area contributed by atoms with Crippen molar-refractivity contribution in [2.45, 2.75) is 57.3 Å². The Morgan fingerprint density at radius 1 is 1.17 bits per heavy atom. The first-order valence-corrected chi connectivity index (χ1v) is 13.1. The molecule has 4 saturated heterocycles. The Bertz CT molecular complexity index is 1170. The lowest BCUT2D eigenvalue weighted by atomic mass is 9.91. The van der Waals surface area contributed by atoms with Crippen LogP contribution in [0.4, 0.5) is 21.0 Å². The van der Waals surface area contributed by atoms with E-state index in [9.17, 15) is 4.79 Å². The quantitative estimate of drug-likeness (QED) is 0.504. The monoisotopic (exact) mass is 568 g/mol. The summed E-state index contributed by atoms with van der Waals surface area (Å²) in [6.45, 7) is 8.34. The Labute approximate surface area is 218 Å². The van der Waals surface area contributed by atoms with Crippen molar-refractivity contribution in [3.05, 3.63) is 21.4 Å². The molecule has 4 aliphatic rings. The van der Waals surface area contributed by atoms with Gasteiger partial charge in [-0.05, 0) is 69.7 Å². The molecule has 0 aliphatic carbocycles. The van der Waals surface area contributed by atoms with E-state index in [1.807, 2.05) is 39.8 Å². The minimum atomic E-state index is -0.547. The average molecular weight is 570 g/mol. The van der Waals surface area contributed by atoms with E-state index in [2.05, 4.69) is 35.6 Å². The van der Waals surface area contributed by atoms with Gasteiger partial charge in [-0.25, -0.2) is 14.2 Å². The SMILES string of the molecule is CN(C)C1CN(c2nc(N3C[C@H]4CC[C@@H]3CN4C(=O)OC(C)(C)C)c3cc(Cl)c(Br)c(F)c3n2)C1. The third-order valence-corrected chi connectivity index (χ3v) is 8.40. The molecular formula is C24H31BrClFN6O2. The lowest BCUT2D eigenvalue weighted by Crippen LogP contribution is -2.64. The molecule has 0 radical (unpaired) electrons. The molecular weight excluding hydrogens is 539 g/mol. The Balaban J connectivity index is 1.51. The number of aromatic nitrogens is 2. The zero-order valence-electron chi connectivity index (χ0n) is 20.7. The number of ether oxygens (including phenoxy) is 1. The maximum Gasteiger partial charge on any atom is 0.410 e. The molecule has 1 aromatic heterocycles. The summed E-state index contributed by atoms with van der Waals surface area (Å²) in [7, 11) is 4.10. The van der Waals surface area contributed by atoms with Crippen LogP contribution in [0.1, 0.15) is 33.6 Å². The predicted molar refractivity (Wildman–Crippen MR) is 139 cm³/mol. The Morgan fingerprint density at radius 3 is 2.46 bits per heavy atom. The number of amides is 1. The minimum Gasteiger partial charge on any atom is -0.444 e. The molecule has 1 amide bonds. The van der Waals surface area contributed by atoms with Crippen LogP contribution in [0.5, 0.6) is 0 Å². The van der Waals surface area contributed by atoms with Crippen molar-refractivity contribution in [2.24, 2.45) is 0 Å². The third-order valence-electron chi connectivity index (χ3n) is 7.10. The van der Waals surface area contributed by atoms with Gasteiger partial charge in [-0.3, -0.25) is 0 Å². The molecule has 0 saturated carbocycles. The maximum absolute atomic E-state index is 15.4. The van der Waals surface area contributed by atoms with Crippen molar-refractivity contribution in [3.8, 4) is 0 Å². The van der Waals surface area contributed by atoms with E-state index in [1.165, 1.54) is 0 Å². The van der Waals surface area contributed by atoms with Gasteiger partial charge in [-0.1, -0.05) is 11.6 Å². The van der Waals surface area contributed by atoms with Crippen molar-refractivity contribution in [1.29, 1.82) is 0 Å². The first kappa shape index (κ1) is 24.8. The van der Waals surface area contributed by atoms with E-state index in [4.69, 9.17) is 21.3 Å². The number of rotatable bonds is 3. The Hall–Kier alpha value is -1.91.